The summed E-state index contributed by atoms with van der Waals surface area (Å²) in [7, 11) is 0. The predicted molar refractivity (Wildman–Crippen MR) is 109 cm³/mol. The molecule has 0 aliphatic carbocycles. The van der Waals surface area contributed by atoms with Crippen molar-refractivity contribution >= 4 is 33.4 Å². The summed E-state index contributed by atoms with van der Waals surface area (Å²) in [6.45, 7) is 0. The third-order valence-corrected chi connectivity index (χ3v) is 4.80. The van der Waals surface area contributed by atoms with E-state index in [0.717, 1.165) is 17.0 Å². The molecule has 2 aromatic carbocycles. The largest absolute Gasteiger partial charge is 0.417 e. The van der Waals surface area contributed by atoms with Crippen LogP contribution in [0.4, 0.5) is 24.7 Å². The summed E-state index contributed by atoms with van der Waals surface area (Å²) >= 11 is 0. The molecule has 31 heavy (non-hydrogen) atoms. The van der Waals surface area contributed by atoms with Gasteiger partial charge in [-0.15, -0.1) is 0 Å². The number of aromatic nitrogens is 4. The second kappa shape index (κ2) is 8.05. The summed E-state index contributed by atoms with van der Waals surface area (Å²) in [5, 5.41) is 11.1. The Morgan fingerprint density at radius 3 is 2.52 bits per heavy atom. The number of nitrogens with zero attached hydrogens (tertiary/aromatic N) is 3. The zero-order chi connectivity index (χ0) is 20.7. The number of halogens is 3. The minimum Gasteiger partial charge on any atom is -0.336 e. The Balaban J connectivity index is 0.00000231. The summed E-state index contributed by atoms with van der Waals surface area (Å²) in [6, 6.07) is 17.9. The zero-order valence-corrected chi connectivity index (χ0v) is 17.2. The average Bonchev–Trinajstić information content (AvgIpc) is 3.16. The maximum atomic E-state index is 13.6. The van der Waals surface area contributed by atoms with Gasteiger partial charge in [0.1, 0.15) is 5.52 Å². The molecule has 0 atom stereocenters. The van der Waals surface area contributed by atoms with E-state index in [1.165, 1.54) is 12.1 Å². The molecule has 0 saturated heterocycles. The van der Waals surface area contributed by atoms with Crippen LogP contribution in [0.25, 0.3) is 33.2 Å². The Morgan fingerprint density at radius 1 is 0.903 bits per heavy atom. The monoisotopic (exact) mass is 456 g/mol. The number of pyridine rings is 2. The SMILES string of the molecule is FC(F)(F)c1ccccc1-c1cc(Nc2n[nH]c3cccnc23)c2ccccc2n1.[V]. The van der Waals surface area contributed by atoms with Gasteiger partial charge in [0.25, 0.3) is 0 Å². The van der Waals surface area contributed by atoms with E-state index in [0.29, 0.717) is 22.5 Å². The van der Waals surface area contributed by atoms with E-state index in [-0.39, 0.29) is 29.8 Å². The molecule has 0 spiro atoms. The number of alkyl halides is 3. The number of hydrogen-bond donors (Lipinski definition) is 2. The molecule has 0 amide bonds. The smallest absolute Gasteiger partial charge is 0.336 e. The van der Waals surface area contributed by atoms with Crippen LogP contribution in [-0.2, 0) is 24.7 Å². The van der Waals surface area contributed by atoms with Gasteiger partial charge in [0.05, 0.1) is 28.0 Å². The van der Waals surface area contributed by atoms with Crippen molar-refractivity contribution in [1.82, 2.24) is 20.2 Å². The normalized spacial score (nSPS) is 11.5. The van der Waals surface area contributed by atoms with Crippen LogP contribution in [0, 0.1) is 0 Å². The van der Waals surface area contributed by atoms with Crippen LogP contribution in [0.3, 0.4) is 0 Å². The van der Waals surface area contributed by atoms with E-state index in [9.17, 15) is 13.2 Å². The van der Waals surface area contributed by atoms with Crippen LogP contribution in [0.1, 0.15) is 5.56 Å². The molecule has 0 unspecified atom stereocenters. The molecule has 0 aliphatic rings. The molecule has 3 heterocycles. The van der Waals surface area contributed by atoms with Gasteiger partial charge in [0.2, 0.25) is 0 Å². The van der Waals surface area contributed by atoms with Crippen molar-refractivity contribution in [1.29, 1.82) is 0 Å². The summed E-state index contributed by atoms with van der Waals surface area (Å²) in [5.74, 6) is 0.483. The Kier molecular flexibility index (Phi) is 5.43. The van der Waals surface area contributed by atoms with Crippen LogP contribution in [0.2, 0.25) is 0 Å². The molecular weight excluding hydrogens is 442 g/mol. The number of anilines is 2. The van der Waals surface area contributed by atoms with Gasteiger partial charge in [-0.3, -0.25) is 10.1 Å². The average molecular weight is 456 g/mol. The number of nitrogens with one attached hydrogen (secondary N) is 2. The first-order chi connectivity index (χ1) is 14.5. The van der Waals surface area contributed by atoms with Gasteiger partial charge in [0, 0.05) is 35.7 Å². The zero-order valence-electron chi connectivity index (χ0n) is 15.9. The number of fused-ring (bicyclic) bond motifs is 2. The van der Waals surface area contributed by atoms with E-state index < -0.39 is 11.7 Å². The molecule has 153 valence electrons. The summed E-state index contributed by atoms with van der Waals surface area (Å²) in [5.41, 5.74) is 2.05. The first-order valence-corrected chi connectivity index (χ1v) is 9.13. The molecule has 0 bridgehead atoms. The third kappa shape index (κ3) is 3.87. The summed E-state index contributed by atoms with van der Waals surface area (Å²) in [4.78, 5) is 8.81. The topological polar surface area (TPSA) is 66.5 Å². The fourth-order valence-corrected chi connectivity index (χ4v) is 3.44. The fourth-order valence-electron chi connectivity index (χ4n) is 3.44. The van der Waals surface area contributed by atoms with Crippen molar-refractivity contribution in [3.63, 3.8) is 0 Å². The fraction of sp³-hybridized carbons (Fsp3) is 0.0455. The van der Waals surface area contributed by atoms with Gasteiger partial charge in [-0.2, -0.15) is 18.3 Å². The number of aromatic amines is 1. The number of hydrogen-bond acceptors (Lipinski definition) is 4. The summed E-state index contributed by atoms with van der Waals surface area (Å²) in [6.07, 6.45) is -2.83. The van der Waals surface area contributed by atoms with Crippen molar-refractivity contribution in [2.75, 3.05) is 5.32 Å². The molecule has 5 rings (SSSR count). The Hall–Kier alpha value is -3.36. The maximum Gasteiger partial charge on any atom is 0.417 e. The molecule has 5 aromatic rings. The Morgan fingerprint density at radius 2 is 1.68 bits per heavy atom. The molecule has 3 aromatic heterocycles. The molecule has 5 nitrogen and oxygen atoms in total. The number of benzene rings is 2. The van der Waals surface area contributed by atoms with Gasteiger partial charge in [-0.1, -0.05) is 36.4 Å². The molecule has 0 fully saturated rings. The van der Waals surface area contributed by atoms with Gasteiger partial charge in [-0.05, 0) is 30.3 Å². The molecule has 0 saturated carbocycles. The van der Waals surface area contributed by atoms with Crippen LogP contribution < -0.4 is 5.32 Å². The molecule has 9 heteroatoms. The van der Waals surface area contributed by atoms with E-state index in [1.807, 2.05) is 18.2 Å². The Bertz CT molecular complexity index is 1380. The summed E-state index contributed by atoms with van der Waals surface area (Å²) < 4.78 is 40.7. The first kappa shape index (κ1) is 20.9. The molecular formula is C22H14F3N5V. The second-order valence-corrected chi connectivity index (χ2v) is 6.71. The van der Waals surface area contributed by atoms with E-state index >= 15 is 0 Å². The van der Waals surface area contributed by atoms with Gasteiger partial charge < -0.3 is 5.32 Å². The van der Waals surface area contributed by atoms with Crippen LogP contribution >= 0.6 is 0 Å². The number of H-pyrrole nitrogens is 1. The third-order valence-electron chi connectivity index (χ3n) is 4.80. The standard InChI is InChI=1S/C22H14F3N5.V/c23-22(24,25)15-8-3-1-6-13(15)18-12-19(14-7-2-4-9-16(14)27-18)28-21-20-17(29-30-21)10-5-11-26-20;/h1-12H,(H2,27,28,29,30);. The molecule has 1 radical (unpaired) electrons. The van der Waals surface area contributed by atoms with E-state index in [2.05, 4.69) is 25.5 Å². The van der Waals surface area contributed by atoms with Crippen LogP contribution in [0.15, 0.2) is 72.9 Å². The Labute approximate surface area is 186 Å². The van der Waals surface area contributed by atoms with Crippen LogP contribution in [-0.4, -0.2) is 20.2 Å². The first-order valence-electron chi connectivity index (χ1n) is 9.13. The van der Waals surface area contributed by atoms with Crippen molar-refractivity contribution in [2.24, 2.45) is 0 Å². The minimum atomic E-state index is -4.49. The van der Waals surface area contributed by atoms with E-state index in [1.54, 1.807) is 36.5 Å². The minimum absolute atomic E-state index is 0. The van der Waals surface area contributed by atoms with Crippen molar-refractivity contribution < 1.29 is 31.7 Å². The molecule has 2 N–H and O–H groups in total. The second-order valence-electron chi connectivity index (χ2n) is 6.71. The van der Waals surface area contributed by atoms with E-state index in [4.69, 9.17) is 0 Å². The van der Waals surface area contributed by atoms with Gasteiger partial charge >= 0.3 is 6.18 Å². The van der Waals surface area contributed by atoms with Gasteiger partial charge in [-0.25, -0.2) is 4.98 Å². The van der Waals surface area contributed by atoms with Gasteiger partial charge in [0.15, 0.2) is 5.82 Å². The van der Waals surface area contributed by atoms with Crippen molar-refractivity contribution in [3.05, 3.63) is 78.5 Å². The maximum absolute atomic E-state index is 13.6. The quantitative estimate of drug-likeness (QED) is 0.353. The van der Waals surface area contributed by atoms with Crippen molar-refractivity contribution in [2.45, 2.75) is 6.18 Å². The predicted octanol–water partition coefficient (Wildman–Crippen LogP) is 5.93. The molecule has 0 aliphatic heterocycles. The van der Waals surface area contributed by atoms with Crippen LogP contribution in [0.5, 0.6) is 0 Å². The number of rotatable bonds is 3. The number of para-hydroxylation sites is 1. The van der Waals surface area contributed by atoms with Crippen molar-refractivity contribution in [3.8, 4) is 11.3 Å².